The fourth-order valence-electron chi connectivity index (χ4n) is 6.07. The Hall–Kier alpha value is -3.74. The van der Waals surface area contributed by atoms with Gasteiger partial charge in [0, 0.05) is 18.8 Å². The largest absolute Gasteiger partial charge is 0.496 e. The van der Waals surface area contributed by atoms with Crippen LogP contribution in [-0.2, 0) is 20.8 Å². The summed E-state index contributed by atoms with van der Waals surface area (Å²) < 4.78 is 26.1. The Balaban J connectivity index is 1.56. The number of para-hydroxylation sites is 1. The molecule has 2 unspecified atom stereocenters. The van der Waals surface area contributed by atoms with E-state index in [1.807, 2.05) is 24.3 Å². The van der Waals surface area contributed by atoms with Crippen LogP contribution in [0.1, 0.15) is 55.9 Å². The number of nitrogens with zero attached hydrogens (tertiary/aromatic N) is 3. The molecule has 4 aromatic rings. The molecule has 0 radical (unpaired) electrons. The molecule has 2 aliphatic rings. The second kappa shape index (κ2) is 11.2. The number of aromatic nitrogens is 3. The van der Waals surface area contributed by atoms with E-state index in [4.69, 9.17) is 18.6 Å². The lowest BCUT2D eigenvalue weighted by molar-refractivity contribution is -0.158. The molecule has 1 aliphatic heterocycles. The molecule has 0 bridgehead atoms. The lowest BCUT2D eigenvalue weighted by atomic mass is 9.65. The van der Waals surface area contributed by atoms with Gasteiger partial charge in [0.2, 0.25) is 5.89 Å². The zero-order valence-corrected chi connectivity index (χ0v) is 24.5. The van der Waals surface area contributed by atoms with Gasteiger partial charge in [-0.2, -0.15) is 0 Å². The molecule has 1 saturated heterocycles. The van der Waals surface area contributed by atoms with Crippen molar-refractivity contribution in [1.29, 1.82) is 0 Å². The van der Waals surface area contributed by atoms with Gasteiger partial charge in [-0.1, -0.05) is 18.2 Å². The number of hydrogen-bond donors (Lipinski definition) is 1. The van der Waals surface area contributed by atoms with Gasteiger partial charge in [-0.05, 0) is 51.2 Å². The number of carboxylic acids is 1. The fraction of sp³-hybridized carbons (Fsp3) is 0.467. The molecule has 2 fully saturated rings. The summed E-state index contributed by atoms with van der Waals surface area (Å²) in [6.07, 6.45) is 4.48. The van der Waals surface area contributed by atoms with Crippen molar-refractivity contribution in [2.45, 2.75) is 64.3 Å². The number of rotatable bonds is 9. The fourth-order valence-corrected chi connectivity index (χ4v) is 7.31. The summed E-state index contributed by atoms with van der Waals surface area (Å²) in [4.78, 5) is 46.1. The van der Waals surface area contributed by atoms with Crippen molar-refractivity contribution in [2.75, 3.05) is 20.3 Å². The van der Waals surface area contributed by atoms with Crippen molar-refractivity contribution >= 4 is 27.5 Å². The Kier molecular flexibility index (Phi) is 7.54. The highest BCUT2D eigenvalue weighted by atomic mass is 32.1. The van der Waals surface area contributed by atoms with Crippen LogP contribution in [0.2, 0.25) is 0 Å². The number of benzene rings is 1. The first kappa shape index (κ1) is 28.4. The maximum atomic E-state index is 14.4. The Bertz CT molecular complexity index is 1730. The smallest absolute Gasteiger partial charge is 0.332 e. The summed E-state index contributed by atoms with van der Waals surface area (Å²) in [5.41, 5.74) is -0.913. The number of methoxy groups -OCH3 is 1. The van der Waals surface area contributed by atoms with Crippen molar-refractivity contribution in [3.8, 4) is 16.5 Å². The van der Waals surface area contributed by atoms with Crippen LogP contribution in [0, 0.1) is 12.3 Å². The van der Waals surface area contributed by atoms with Crippen LogP contribution in [0.15, 0.2) is 50.7 Å². The first-order valence-electron chi connectivity index (χ1n) is 14.0. The molecule has 0 spiro atoms. The molecule has 3 aromatic heterocycles. The van der Waals surface area contributed by atoms with Crippen molar-refractivity contribution in [3.05, 3.63) is 68.7 Å². The van der Waals surface area contributed by atoms with E-state index in [1.165, 1.54) is 23.8 Å². The number of hydrogen-bond acceptors (Lipinski definition) is 9. The van der Waals surface area contributed by atoms with Gasteiger partial charge in [0.05, 0.1) is 47.7 Å². The van der Waals surface area contributed by atoms with E-state index < -0.39 is 34.8 Å². The minimum absolute atomic E-state index is 0.0782. The molecule has 1 aliphatic carbocycles. The van der Waals surface area contributed by atoms with Gasteiger partial charge in [-0.3, -0.25) is 18.7 Å². The first-order valence-corrected chi connectivity index (χ1v) is 14.8. The van der Waals surface area contributed by atoms with Crippen LogP contribution in [0.4, 0.5) is 0 Å². The molecule has 1 aromatic carbocycles. The minimum Gasteiger partial charge on any atom is -0.496 e. The van der Waals surface area contributed by atoms with Gasteiger partial charge < -0.3 is 23.7 Å². The number of oxazole rings is 1. The van der Waals surface area contributed by atoms with E-state index in [9.17, 15) is 19.5 Å². The van der Waals surface area contributed by atoms with Crippen LogP contribution < -0.4 is 16.0 Å². The van der Waals surface area contributed by atoms with Gasteiger partial charge in [-0.25, -0.2) is 9.78 Å². The zero-order valence-electron chi connectivity index (χ0n) is 23.7. The van der Waals surface area contributed by atoms with Gasteiger partial charge in [0.15, 0.2) is 0 Å². The molecular weight excluding hydrogens is 562 g/mol. The highest BCUT2D eigenvalue weighted by Gasteiger charge is 2.51. The highest BCUT2D eigenvalue weighted by molar-refractivity contribution is 7.22. The normalized spacial score (nSPS) is 21.7. The molecule has 4 heterocycles. The molecule has 1 N–H and O–H groups in total. The van der Waals surface area contributed by atoms with Crippen LogP contribution in [0.5, 0.6) is 5.75 Å². The van der Waals surface area contributed by atoms with E-state index in [1.54, 1.807) is 25.5 Å². The molecule has 6 rings (SSSR count). The van der Waals surface area contributed by atoms with Gasteiger partial charge in [0.25, 0.3) is 5.56 Å². The summed E-state index contributed by atoms with van der Waals surface area (Å²) in [6, 6.07) is 6.73. The maximum absolute atomic E-state index is 14.4. The van der Waals surface area contributed by atoms with Crippen molar-refractivity contribution in [2.24, 2.45) is 5.41 Å². The average molecular weight is 596 g/mol. The second-order valence-corrected chi connectivity index (χ2v) is 12.1. The standard InChI is InChI=1S/C30H33N3O8S/c1-17-23-26(34)33(22-8-11-30(22,2)28(35)36)29(37)32(27(23)42-24(17)25-31-12-15-40-25)16-21(41-18-9-13-39-14-10-18)19-6-4-5-7-20(19)38-3/h4-7,12,15,18,21-22H,8-11,13-14,16H2,1-3H3,(H,35,36)/t21-,22?,30?/m0/s1. The summed E-state index contributed by atoms with van der Waals surface area (Å²) in [5.74, 6) is -0.0705. The lowest BCUT2D eigenvalue weighted by Crippen LogP contribution is -2.54. The third kappa shape index (κ3) is 4.67. The van der Waals surface area contributed by atoms with Crippen LogP contribution in [0.3, 0.4) is 0 Å². The average Bonchev–Trinajstić information content (AvgIpc) is 3.64. The number of aryl methyl sites for hydroxylation is 1. The summed E-state index contributed by atoms with van der Waals surface area (Å²) in [6.45, 7) is 4.63. The SMILES string of the molecule is COc1ccccc1[C@H](Cn1c(=O)n(C2CCC2(C)C(=O)O)c(=O)c2c(C)c(-c3ncco3)sc21)OC1CCOCC1. The molecule has 222 valence electrons. The Morgan fingerprint density at radius 2 is 2.00 bits per heavy atom. The summed E-state index contributed by atoms with van der Waals surface area (Å²) in [7, 11) is 1.59. The molecular formula is C30H33N3O8S. The predicted octanol–water partition coefficient (Wildman–Crippen LogP) is 4.56. The summed E-state index contributed by atoms with van der Waals surface area (Å²) in [5, 5.41) is 10.4. The first-order chi connectivity index (χ1) is 20.2. The molecule has 42 heavy (non-hydrogen) atoms. The molecule has 11 nitrogen and oxygen atoms in total. The van der Waals surface area contributed by atoms with Gasteiger partial charge >= 0.3 is 11.7 Å². The van der Waals surface area contributed by atoms with Crippen molar-refractivity contribution < 1.29 is 28.5 Å². The minimum atomic E-state index is -1.23. The summed E-state index contributed by atoms with van der Waals surface area (Å²) >= 11 is 1.25. The quantitative estimate of drug-likeness (QED) is 0.295. The third-order valence-electron chi connectivity index (χ3n) is 8.70. The van der Waals surface area contributed by atoms with Crippen LogP contribution in [0.25, 0.3) is 21.0 Å². The number of fused-ring (bicyclic) bond motifs is 1. The van der Waals surface area contributed by atoms with E-state index in [0.29, 0.717) is 71.2 Å². The second-order valence-electron chi connectivity index (χ2n) is 11.1. The lowest BCUT2D eigenvalue weighted by Gasteiger charge is -2.43. The number of carbonyl (C=O) groups is 1. The van der Waals surface area contributed by atoms with Gasteiger partial charge in [0.1, 0.15) is 22.9 Å². The molecule has 0 amide bonds. The third-order valence-corrected chi connectivity index (χ3v) is 10.0. The highest BCUT2D eigenvalue weighted by Crippen LogP contribution is 2.49. The van der Waals surface area contributed by atoms with E-state index in [0.717, 1.165) is 10.1 Å². The van der Waals surface area contributed by atoms with Crippen LogP contribution >= 0.6 is 11.3 Å². The zero-order chi connectivity index (χ0) is 29.6. The topological polar surface area (TPSA) is 135 Å². The van der Waals surface area contributed by atoms with E-state index >= 15 is 0 Å². The van der Waals surface area contributed by atoms with Crippen LogP contribution in [-0.4, -0.2) is 51.6 Å². The molecule has 1 saturated carbocycles. The van der Waals surface area contributed by atoms with Crippen molar-refractivity contribution in [1.82, 2.24) is 14.1 Å². The number of ether oxygens (including phenoxy) is 3. The predicted molar refractivity (Wildman–Crippen MR) is 155 cm³/mol. The maximum Gasteiger partial charge on any atom is 0.332 e. The Labute approximate surface area is 245 Å². The van der Waals surface area contributed by atoms with Gasteiger partial charge in [-0.15, -0.1) is 11.3 Å². The number of aliphatic carboxylic acids is 1. The number of thiophene rings is 1. The number of carboxylic acid groups (broad SMARTS) is 1. The monoisotopic (exact) mass is 595 g/mol. The molecule has 3 atom stereocenters. The Morgan fingerprint density at radius 3 is 2.64 bits per heavy atom. The van der Waals surface area contributed by atoms with E-state index in [2.05, 4.69) is 4.98 Å². The molecule has 12 heteroatoms. The van der Waals surface area contributed by atoms with Crippen molar-refractivity contribution in [3.63, 3.8) is 0 Å². The Morgan fingerprint density at radius 1 is 1.24 bits per heavy atom. The van der Waals surface area contributed by atoms with E-state index in [-0.39, 0.29) is 12.6 Å².